The zero-order valence-corrected chi connectivity index (χ0v) is 13.8. The van der Waals surface area contributed by atoms with E-state index >= 15 is 0 Å². The van der Waals surface area contributed by atoms with E-state index in [1.54, 1.807) is 12.2 Å². The van der Waals surface area contributed by atoms with Crippen LogP contribution in [0.2, 0.25) is 0 Å². The molecule has 4 nitrogen and oxygen atoms in total. The molecule has 1 saturated carbocycles. The molecule has 0 heterocycles. The Morgan fingerprint density at radius 1 is 1.45 bits per heavy atom. The Hall–Kier alpha value is -1.73. The average Bonchev–Trinajstić information content (AvgIpc) is 2.36. The van der Waals surface area contributed by atoms with Crippen molar-refractivity contribution in [3.63, 3.8) is 0 Å². The Morgan fingerprint density at radius 2 is 2.14 bits per heavy atom. The summed E-state index contributed by atoms with van der Waals surface area (Å²) in [6.07, 6.45) is 6.53. The molecule has 4 heteroatoms. The van der Waals surface area contributed by atoms with Gasteiger partial charge in [0.2, 0.25) is 0 Å². The molecule has 22 heavy (non-hydrogen) atoms. The molecule has 1 aliphatic carbocycles. The van der Waals surface area contributed by atoms with Gasteiger partial charge in [0.15, 0.2) is 0 Å². The first-order chi connectivity index (χ1) is 10.3. The monoisotopic (exact) mass is 305 g/mol. The van der Waals surface area contributed by atoms with Gasteiger partial charge in [0.25, 0.3) is 0 Å². The van der Waals surface area contributed by atoms with Gasteiger partial charge in [-0.1, -0.05) is 17.9 Å². The fourth-order valence-corrected chi connectivity index (χ4v) is 2.21. The number of amides is 1. The van der Waals surface area contributed by atoms with Gasteiger partial charge in [0.05, 0.1) is 6.61 Å². The number of aliphatic hydroxyl groups is 1. The largest absolute Gasteiger partial charge is 0.444 e. The molecule has 2 N–H and O–H groups in total. The van der Waals surface area contributed by atoms with Crippen molar-refractivity contribution in [3.05, 3.63) is 24.3 Å². The zero-order valence-electron chi connectivity index (χ0n) is 13.8. The summed E-state index contributed by atoms with van der Waals surface area (Å²) < 4.78 is 5.22. The average molecular weight is 305 g/mol. The second kappa shape index (κ2) is 8.65. The third-order valence-corrected chi connectivity index (χ3v) is 3.34. The van der Waals surface area contributed by atoms with Crippen LogP contribution in [0.25, 0.3) is 0 Å². The molecule has 0 aromatic heterocycles. The molecule has 0 bridgehead atoms. The molecule has 0 aromatic carbocycles. The molecule has 1 rings (SSSR count). The smallest absolute Gasteiger partial charge is 0.407 e. The van der Waals surface area contributed by atoms with Gasteiger partial charge in [-0.3, -0.25) is 0 Å². The fraction of sp³-hybridized carbons (Fsp3) is 0.611. The second-order valence-electron chi connectivity index (χ2n) is 6.66. The number of aliphatic hydroxyl groups excluding tert-OH is 1. The Labute approximate surface area is 133 Å². The van der Waals surface area contributed by atoms with Crippen molar-refractivity contribution in [1.82, 2.24) is 5.32 Å². The van der Waals surface area contributed by atoms with E-state index in [1.807, 2.05) is 20.8 Å². The Morgan fingerprint density at radius 3 is 2.68 bits per heavy atom. The number of nitrogens with one attached hydrogen (secondary N) is 1. The molecule has 0 spiro atoms. The molecular formula is C18H27NO3. The van der Waals surface area contributed by atoms with Crippen LogP contribution in [0, 0.1) is 17.8 Å². The molecular weight excluding hydrogens is 278 g/mol. The van der Waals surface area contributed by atoms with Gasteiger partial charge in [-0.15, -0.1) is 6.58 Å². The van der Waals surface area contributed by atoms with E-state index in [4.69, 9.17) is 9.84 Å². The van der Waals surface area contributed by atoms with Crippen molar-refractivity contribution < 1.29 is 14.6 Å². The van der Waals surface area contributed by atoms with Crippen molar-refractivity contribution in [2.75, 3.05) is 6.61 Å². The van der Waals surface area contributed by atoms with Crippen LogP contribution < -0.4 is 5.32 Å². The highest BCUT2D eigenvalue weighted by atomic mass is 16.6. The lowest BCUT2D eigenvalue weighted by atomic mass is 9.78. The first kappa shape index (κ1) is 18.3. The van der Waals surface area contributed by atoms with E-state index in [-0.39, 0.29) is 18.7 Å². The highest BCUT2D eigenvalue weighted by molar-refractivity contribution is 5.68. The lowest BCUT2D eigenvalue weighted by Gasteiger charge is -2.35. The van der Waals surface area contributed by atoms with Crippen LogP contribution in [0.15, 0.2) is 24.3 Å². The maximum Gasteiger partial charge on any atom is 0.407 e. The fourth-order valence-electron chi connectivity index (χ4n) is 2.21. The summed E-state index contributed by atoms with van der Waals surface area (Å²) in [4.78, 5) is 11.6. The third-order valence-electron chi connectivity index (χ3n) is 3.34. The van der Waals surface area contributed by atoms with Gasteiger partial charge in [0, 0.05) is 12.5 Å². The number of hydrogen-bond donors (Lipinski definition) is 2. The minimum absolute atomic E-state index is 0.0199. The molecule has 0 aromatic rings. The summed E-state index contributed by atoms with van der Waals surface area (Å²) in [5.41, 5.74) is 0.418. The van der Waals surface area contributed by atoms with Crippen LogP contribution in [-0.2, 0) is 4.74 Å². The van der Waals surface area contributed by atoms with Crippen molar-refractivity contribution in [2.24, 2.45) is 5.92 Å². The number of rotatable bonds is 5. The molecule has 0 aliphatic heterocycles. The Balaban J connectivity index is 2.24. The molecule has 0 saturated heterocycles. The Kier molecular flexibility index (Phi) is 7.20. The lowest BCUT2D eigenvalue weighted by Crippen LogP contribution is -2.46. The molecule has 0 radical (unpaired) electrons. The molecule has 1 fully saturated rings. The predicted octanol–water partition coefficient (Wildman–Crippen LogP) is 3.18. The summed E-state index contributed by atoms with van der Waals surface area (Å²) in [7, 11) is 0. The number of carbonyl (C=O) groups excluding carboxylic acids is 1. The first-order valence-corrected chi connectivity index (χ1v) is 7.71. The summed E-state index contributed by atoms with van der Waals surface area (Å²) in [6.45, 7) is 9.22. The van der Waals surface area contributed by atoms with E-state index in [0.29, 0.717) is 12.3 Å². The summed E-state index contributed by atoms with van der Waals surface area (Å²) in [5.74, 6) is 6.61. The molecule has 1 amide bonds. The van der Waals surface area contributed by atoms with Crippen molar-refractivity contribution in [1.29, 1.82) is 0 Å². The van der Waals surface area contributed by atoms with Gasteiger partial charge < -0.3 is 15.2 Å². The highest BCUT2D eigenvalue weighted by Crippen LogP contribution is 2.30. The van der Waals surface area contributed by atoms with Crippen LogP contribution in [0.5, 0.6) is 0 Å². The van der Waals surface area contributed by atoms with Crippen LogP contribution in [-0.4, -0.2) is 29.4 Å². The van der Waals surface area contributed by atoms with Gasteiger partial charge in [-0.05, 0) is 57.6 Å². The maximum absolute atomic E-state index is 11.6. The standard InChI is InChI=1S/C18H27NO3/c1-5-8-14(13-20)9-6-7-10-15-11-16(12-15)19-17(21)22-18(2,3)4/h5,9,15-16,20H,1,8,10-13H2,2-4H3,(H,19,21)/b14-9+. The minimum atomic E-state index is -0.457. The summed E-state index contributed by atoms with van der Waals surface area (Å²) in [6, 6.07) is 0.200. The Bertz CT molecular complexity index is 471. The number of alkyl carbamates (subject to hydrolysis) is 1. The number of carbonyl (C=O) groups is 1. The number of ether oxygens (including phenoxy) is 1. The quantitative estimate of drug-likeness (QED) is 0.606. The van der Waals surface area contributed by atoms with Gasteiger partial charge in [-0.2, -0.15) is 0 Å². The van der Waals surface area contributed by atoms with E-state index in [2.05, 4.69) is 23.7 Å². The molecule has 1 aliphatic rings. The van der Waals surface area contributed by atoms with Gasteiger partial charge in [-0.25, -0.2) is 4.79 Å². The van der Waals surface area contributed by atoms with E-state index in [0.717, 1.165) is 24.8 Å². The normalized spacial score (nSPS) is 21.2. The summed E-state index contributed by atoms with van der Waals surface area (Å²) in [5, 5.41) is 12.0. The van der Waals surface area contributed by atoms with E-state index in [9.17, 15) is 4.79 Å². The van der Waals surface area contributed by atoms with Crippen LogP contribution in [0.1, 0.15) is 46.5 Å². The second-order valence-corrected chi connectivity index (χ2v) is 6.66. The summed E-state index contributed by atoms with van der Waals surface area (Å²) >= 11 is 0. The number of allylic oxidation sites excluding steroid dienone is 2. The maximum atomic E-state index is 11.6. The van der Waals surface area contributed by atoms with Crippen LogP contribution in [0.3, 0.4) is 0 Å². The molecule has 122 valence electrons. The predicted molar refractivity (Wildman–Crippen MR) is 88.3 cm³/mol. The van der Waals surface area contributed by atoms with Crippen LogP contribution >= 0.6 is 0 Å². The van der Waals surface area contributed by atoms with Crippen molar-refractivity contribution in [2.45, 2.75) is 58.1 Å². The van der Waals surface area contributed by atoms with E-state index in [1.165, 1.54) is 0 Å². The van der Waals surface area contributed by atoms with Gasteiger partial charge >= 0.3 is 6.09 Å². The van der Waals surface area contributed by atoms with Crippen LogP contribution in [0.4, 0.5) is 4.79 Å². The highest BCUT2D eigenvalue weighted by Gasteiger charge is 2.30. The molecule has 0 atom stereocenters. The minimum Gasteiger partial charge on any atom is -0.444 e. The van der Waals surface area contributed by atoms with E-state index < -0.39 is 5.60 Å². The van der Waals surface area contributed by atoms with Crippen molar-refractivity contribution >= 4 is 6.09 Å². The van der Waals surface area contributed by atoms with Crippen molar-refractivity contribution in [3.8, 4) is 11.8 Å². The van der Waals surface area contributed by atoms with Gasteiger partial charge in [0.1, 0.15) is 5.60 Å². The SMILES string of the molecule is C=CC/C(=C\C#CCC1CC(NC(=O)OC(C)(C)C)C1)CO. The third kappa shape index (κ3) is 7.33. The lowest BCUT2D eigenvalue weighted by molar-refractivity contribution is 0.0454. The zero-order chi connectivity index (χ0) is 16.6. The molecule has 0 unspecified atom stereocenters. The number of hydrogen-bond acceptors (Lipinski definition) is 3. The first-order valence-electron chi connectivity index (χ1n) is 7.71. The topological polar surface area (TPSA) is 58.6 Å².